The van der Waals surface area contributed by atoms with E-state index in [0.29, 0.717) is 5.02 Å². The first kappa shape index (κ1) is 16.5. The summed E-state index contributed by atoms with van der Waals surface area (Å²) in [7, 11) is 0. The van der Waals surface area contributed by atoms with Crippen LogP contribution in [-0.2, 0) is 0 Å². The van der Waals surface area contributed by atoms with Crippen LogP contribution < -0.4 is 4.74 Å². The van der Waals surface area contributed by atoms with Gasteiger partial charge in [0.25, 0.3) is 0 Å². The minimum atomic E-state index is -0.280. The number of nitrogens with zero attached hydrogens (tertiary/aromatic N) is 2. The number of halogens is 1. The normalized spacial score (nSPS) is 20.7. The summed E-state index contributed by atoms with van der Waals surface area (Å²) in [5, 5.41) is 7.63. The third kappa shape index (κ3) is 2.81. The molecule has 2 unspecified atom stereocenters. The third-order valence-corrected chi connectivity index (χ3v) is 5.37. The summed E-state index contributed by atoms with van der Waals surface area (Å²) in [6.45, 7) is 4.02. The van der Waals surface area contributed by atoms with Gasteiger partial charge in [-0.2, -0.15) is 5.10 Å². The van der Waals surface area contributed by atoms with Crippen LogP contribution in [0.1, 0.15) is 46.9 Å². The Bertz CT molecular complexity index is 1040. The Kier molecular flexibility index (Phi) is 3.76. The Morgan fingerprint density at radius 2 is 1.85 bits per heavy atom. The van der Waals surface area contributed by atoms with Crippen LogP contribution in [-0.4, -0.2) is 10.7 Å². The minimum Gasteiger partial charge on any atom is -0.464 e. The molecule has 0 bridgehead atoms. The van der Waals surface area contributed by atoms with Crippen molar-refractivity contribution in [2.75, 3.05) is 0 Å². The van der Waals surface area contributed by atoms with Gasteiger partial charge in [0.15, 0.2) is 0 Å². The predicted octanol–water partition coefficient (Wildman–Crippen LogP) is 5.79. The average molecular weight is 379 g/mol. The second-order valence-electron chi connectivity index (χ2n) is 7.12. The summed E-state index contributed by atoms with van der Waals surface area (Å²) in [6, 6.07) is 18.2. The van der Waals surface area contributed by atoms with Crippen molar-refractivity contribution in [1.82, 2.24) is 5.01 Å². The number of rotatable bonds is 2. The zero-order valence-electron chi connectivity index (χ0n) is 15.1. The zero-order chi connectivity index (χ0) is 18.5. The molecular weight excluding hydrogens is 360 g/mol. The second kappa shape index (κ2) is 6.17. The molecule has 5 rings (SSSR count). The molecule has 0 aliphatic carbocycles. The monoisotopic (exact) mass is 378 g/mol. The number of furan rings is 1. The molecule has 2 aliphatic heterocycles. The zero-order valence-corrected chi connectivity index (χ0v) is 15.9. The smallest absolute Gasteiger partial charge is 0.213 e. The van der Waals surface area contributed by atoms with Crippen LogP contribution >= 0.6 is 11.6 Å². The number of hydrogen-bond acceptors (Lipinski definition) is 4. The molecule has 0 amide bonds. The maximum absolute atomic E-state index is 6.35. The summed E-state index contributed by atoms with van der Waals surface area (Å²) >= 11 is 6.26. The Morgan fingerprint density at radius 3 is 2.59 bits per heavy atom. The molecule has 0 saturated carbocycles. The molecule has 136 valence electrons. The largest absolute Gasteiger partial charge is 0.464 e. The van der Waals surface area contributed by atoms with Gasteiger partial charge in [0.1, 0.15) is 23.0 Å². The van der Waals surface area contributed by atoms with E-state index in [4.69, 9.17) is 25.9 Å². The molecule has 3 heterocycles. The van der Waals surface area contributed by atoms with Gasteiger partial charge in [-0.15, -0.1) is 0 Å². The first-order chi connectivity index (χ1) is 13.1. The van der Waals surface area contributed by atoms with E-state index in [-0.39, 0.29) is 12.3 Å². The van der Waals surface area contributed by atoms with Crippen LogP contribution in [0.4, 0.5) is 0 Å². The third-order valence-electron chi connectivity index (χ3n) is 5.14. The standard InChI is InChI=1S/C22H19ClN2O2/c1-13-3-6-15(7-4-13)22-25-19(17-11-16(23)8-10-20(17)27-22)12-18(24-25)21-9-5-14(2)26-21/h3-11,19,22H,12H2,1-2H3. The highest BCUT2D eigenvalue weighted by molar-refractivity contribution is 6.30. The topological polar surface area (TPSA) is 38.0 Å². The van der Waals surface area contributed by atoms with Gasteiger partial charge in [0.05, 0.1) is 6.04 Å². The first-order valence-corrected chi connectivity index (χ1v) is 9.41. The number of aryl methyl sites for hydroxylation is 2. The molecule has 4 nitrogen and oxygen atoms in total. The molecule has 2 atom stereocenters. The van der Waals surface area contributed by atoms with Gasteiger partial charge in [-0.1, -0.05) is 41.4 Å². The highest BCUT2D eigenvalue weighted by atomic mass is 35.5. The quantitative estimate of drug-likeness (QED) is 0.566. The van der Waals surface area contributed by atoms with Crippen molar-refractivity contribution in [3.8, 4) is 5.75 Å². The molecule has 3 aromatic rings. The van der Waals surface area contributed by atoms with E-state index >= 15 is 0 Å². The fourth-order valence-corrected chi connectivity index (χ4v) is 3.93. The van der Waals surface area contributed by atoms with Crippen LogP contribution in [0, 0.1) is 13.8 Å². The number of benzene rings is 2. The lowest BCUT2D eigenvalue weighted by molar-refractivity contribution is -0.0190. The lowest BCUT2D eigenvalue weighted by atomic mass is 9.97. The van der Waals surface area contributed by atoms with E-state index in [9.17, 15) is 0 Å². The van der Waals surface area contributed by atoms with Crippen molar-refractivity contribution in [1.29, 1.82) is 0 Å². The summed E-state index contributed by atoms with van der Waals surface area (Å²) in [6.07, 6.45) is 0.476. The molecule has 2 aliphatic rings. The van der Waals surface area contributed by atoms with Gasteiger partial charge in [-0.3, -0.25) is 0 Å². The maximum atomic E-state index is 6.35. The van der Waals surface area contributed by atoms with Gasteiger partial charge in [0, 0.05) is 22.6 Å². The van der Waals surface area contributed by atoms with E-state index in [1.807, 2.05) is 42.3 Å². The molecule has 0 fully saturated rings. The highest BCUT2D eigenvalue weighted by Gasteiger charge is 2.41. The second-order valence-corrected chi connectivity index (χ2v) is 7.56. The van der Waals surface area contributed by atoms with Gasteiger partial charge in [-0.05, 0) is 44.2 Å². The van der Waals surface area contributed by atoms with E-state index in [2.05, 4.69) is 31.2 Å². The van der Waals surface area contributed by atoms with Crippen molar-refractivity contribution in [3.63, 3.8) is 0 Å². The van der Waals surface area contributed by atoms with Gasteiger partial charge < -0.3 is 9.15 Å². The van der Waals surface area contributed by atoms with Gasteiger partial charge >= 0.3 is 0 Å². The molecule has 1 aromatic heterocycles. The minimum absolute atomic E-state index is 0.0687. The first-order valence-electron chi connectivity index (χ1n) is 9.04. The molecule has 0 N–H and O–H groups in total. The molecule has 27 heavy (non-hydrogen) atoms. The lowest BCUT2D eigenvalue weighted by Gasteiger charge is -2.38. The fourth-order valence-electron chi connectivity index (χ4n) is 3.75. The molecule has 2 aromatic carbocycles. The number of hydrogen-bond donors (Lipinski definition) is 0. The van der Waals surface area contributed by atoms with E-state index in [0.717, 1.165) is 40.5 Å². The Labute approximate surface area is 163 Å². The molecular formula is C22H19ClN2O2. The summed E-state index contributed by atoms with van der Waals surface area (Å²) in [4.78, 5) is 0. The Hall–Kier alpha value is -2.72. The lowest BCUT2D eigenvalue weighted by Crippen LogP contribution is -2.33. The van der Waals surface area contributed by atoms with Crippen molar-refractivity contribution >= 4 is 17.3 Å². The maximum Gasteiger partial charge on any atom is 0.213 e. The number of ether oxygens (including phenoxy) is 1. The predicted molar refractivity (Wildman–Crippen MR) is 105 cm³/mol. The van der Waals surface area contributed by atoms with Crippen LogP contribution in [0.25, 0.3) is 0 Å². The van der Waals surface area contributed by atoms with Crippen molar-refractivity contribution in [2.24, 2.45) is 5.10 Å². The molecule has 0 spiro atoms. The van der Waals surface area contributed by atoms with E-state index < -0.39 is 0 Å². The van der Waals surface area contributed by atoms with Crippen LogP contribution in [0.15, 0.2) is 64.1 Å². The summed E-state index contributed by atoms with van der Waals surface area (Å²) in [5.74, 6) is 2.55. The van der Waals surface area contributed by atoms with Crippen LogP contribution in [0.3, 0.4) is 0 Å². The van der Waals surface area contributed by atoms with Crippen molar-refractivity contribution in [2.45, 2.75) is 32.5 Å². The molecule has 0 saturated heterocycles. The number of fused-ring (bicyclic) bond motifs is 3. The Morgan fingerprint density at radius 1 is 1.04 bits per heavy atom. The van der Waals surface area contributed by atoms with Gasteiger partial charge in [-0.25, -0.2) is 5.01 Å². The highest BCUT2D eigenvalue weighted by Crippen LogP contribution is 2.48. The van der Waals surface area contributed by atoms with Crippen LogP contribution in [0.5, 0.6) is 5.75 Å². The Balaban J connectivity index is 1.60. The van der Waals surface area contributed by atoms with Crippen LogP contribution in [0.2, 0.25) is 5.02 Å². The SMILES string of the molecule is Cc1ccc(C2Oc3ccc(Cl)cc3C3CC(c4ccc(C)o4)=NN32)cc1. The van der Waals surface area contributed by atoms with Crippen molar-refractivity contribution < 1.29 is 9.15 Å². The van der Waals surface area contributed by atoms with E-state index in [1.165, 1.54) is 5.56 Å². The average Bonchev–Trinajstić information content (AvgIpc) is 3.28. The van der Waals surface area contributed by atoms with E-state index in [1.54, 1.807) is 0 Å². The molecule has 5 heteroatoms. The summed E-state index contributed by atoms with van der Waals surface area (Å²) < 4.78 is 12.2. The van der Waals surface area contributed by atoms with Crippen molar-refractivity contribution in [3.05, 3.63) is 87.8 Å². The fraction of sp³-hybridized carbons (Fsp3) is 0.227. The number of hydrazone groups is 1. The summed E-state index contributed by atoms with van der Waals surface area (Å²) in [5.41, 5.74) is 4.29. The van der Waals surface area contributed by atoms with Gasteiger partial charge in [0.2, 0.25) is 6.23 Å². The molecule has 0 radical (unpaired) electrons.